The van der Waals surface area contributed by atoms with Crippen LogP contribution in [0.25, 0.3) is 0 Å². The first kappa shape index (κ1) is 12.2. The number of nitrogens with zero attached hydrogens (tertiary/aromatic N) is 2. The fourth-order valence-electron chi connectivity index (χ4n) is 2.31. The molecule has 0 radical (unpaired) electrons. The quantitative estimate of drug-likeness (QED) is 0.913. The van der Waals surface area contributed by atoms with E-state index in [9.17, 15) is 4.39 Å². The topological polar surface area (TPSA) is 29.9 Å². The summed E-state index contributed by atoms with van der Waals surface area (Å²) in [6.45, 7) is 4.34. The maximum absolute atomic E-state index is 13.6. The fraction of sp³-hybridized carbons (Fsp3) is 0.400. The van der Waals surface area contributed by atoms with Gasteiger partial charge in [-0.15, -0.1) is 0 Å². The van der Waals surface area contributed by atoms with Crippen molar-refractivity contribution in [1.29, 1.82) is 0 Å². The van der Waals surface area contributed by atoms with Gasteiger partial charge in [0, 0.05) is 18.4 Å². The van der Waals surface area contributed by atoms with Gasteiger partial charge < -0.3 is 9.88 Å². The van der Waals surface area contributed by atoms with E-state index in [1.165, 1.54) is 12.8 Å². The van der Waals surface area contributed by atoms with Gasteiger partial charge in [-0.3, -0.25) is 0 Å². The van der Waals surface area contributed by atoms with Crippen LogP contribution in [-0.4, -0.2) is 15.6 Å². The molecule has 100 valence electrons. The highest BCUT2D eigenvalue weighted by atomic mass is 19.1. The zero-order chi connectivity index (χ0) is 13.4. The van der Waals surface area contributed by atoms with E-state index in [1.807, 2.05) is 32.2 Å². The standard InChI is InChI=1S/C15H18FN3/c1-10-7-12(8-11(2)14(10)16)9-19-6-5-17-15(19)18-13-3-4-13/h5-8,13H,3-4,9H2,1-2H3,(H,17,18). The van der Waals surface area contributed by atoms with E-state index < -0.39 is 0 Å². The molecule has 1 aromatic heterocycles. The number of benzene rings is 1. The van der Waals surface area contributed by atoms with Crippen LogP contribution in [0.2, 0.25) is 0 Å². The summed E-state index contributed by atoms with van der Waals surface area (Å²) < 4.78 is 15.7. The molecule has 1 heterocycles. The molecule has 19 heavy (non-hydrogen) atoms. The Balaban J connectivity index is 1.82. The van der Waals surface area contributed by atoms with Gasteiger partial charge in [0.25, 0.3) is 0 Å². The van der Waals surface area contributed by atoms with Crippen LogP contribution < -0.4 is 5.32 Å². The second-order valence-electron chi connectivity index (χ2n) is 5.34. The summed E-state index contributed by atoms with van der Waals surface area (Å²) in [5.74, 6) is 0.799. The summed E-state index contributed by atoms with van der Waals surface area (Å²) in [5, 5.41) is 3.40. The Morgan fingerprint density at radius 2 is 2.00 bits per heavy atom. The molecule has 1 aliphatic rings. The highest BCUT2D eigenvalue weighted by Crippen LogP contribution is 2.24. The molecule has 0 amide bonds. The van der Waals surface area contributed by atoms with Gasteiger partial charge >= 0.3 is 0 Å². The third-order valence-electron chi connectivity index (χ3n) is 3.48. The molecule has 0 saturated heterocycles. The van der Waals surface area contributed by atoms with Gasteiger partial charge in [0.05, 0.1) is 6.54 Å². The molecule has 1 aliphatic carbocycles. The fourth-order valence-corrected chi connectivity index (χ4v) is 2.31. The van der Waals surface area contributed by atoms with Crippen LogP contribution >= 0.6 is 0 Å². The highest BCUT2D eigenvalue weighted by molar-refractivity contribution is 5.34. The van der Waals surface area contributed by atoms with Crippen molar-refractivity contribution < 1.29 is 4.39 Å². The summed E-state index contributed by atoms with van der Waals surface area (Å²) in [4.78, 5) is 4.33. The Bertz CT molecular complexity index is 576. The van der Waals surface area contributed by atoms with Crippen LogP contribution in [0.5, 0.6) is 0 Å². The molecule has 3 rings (SSSR count). The average Bonchev–Trinajstić information content (AvgIpc) is 3.08. The number of imidazole rings is 1. The van der Waals surface area contributed by atoms with E-state index in [1.54, 1.807) is 6.20 Å². The number of halogens is 1. The van der Waals surface area contributed by atoms with Crippen LogP contribution in [0.15, 0.2) is 24.5 Å². The van der Waals surface area contributed by atoms with Crippen LogP contribution in [-0.2, 0) is 6.54 Å². The van der Waals surface area contributed by atoms with Crippen molar-refractivity contribution in [2.24, 2.45) is 0 Å². The van der Waals surface area contributed by atoms with E-state index >= 15 is 0 Å². The molecular weight excluding hydrogens is 241 g/mol. The normalized spacial score (nSPS) is 14.7. The minimum Gasteiger partial charge on any atom is -0.353 e. The number of hydrogen-bond acceptors (Lipinski definition) is 2. The van der Waals surface area contributed by atoms with Gasteiger partial charge in [0.2, 0.25) is 5.95 Å². The third-order valence-corrected chi connectivity index (χ3v) is 3.48. The summed E-state index contributed by atoms with van der Waals surface area (Å²) >= 11 is 0. The van der Waals surface area contributed by atoms with E-state index in [0.29, 0.717) is 17.2 Å². The lowest BCUT2D eigenvalue weighted by molar-refractivity contribution is 0.607. The highest BCUT2D eigenvalue weighted by Gasteiger charge is 2.22. The molecule has 3 nitrogen and oxygen atoms in total. The number of hydrogen-bond donors (Lipinski definition) is 1. The predicted octanol–water partition coefficient (Wildman–Crippen LogP) is 3.26. The first-order valence-electron chi connectivity index (χ1n) is 6.67. The van der Waals surface area contributed by atoms with Gasteiger partial charge in [-0.05, 0) is 43.4 Å². The molecule has 0 atom stereocenters. The maximum Gasteiger partial charge on any atom is 0.203 e. The first-order chi connectivity index (χ1) is 9.13. The van der Waals surface area contributed by atoms with Gasteiger partial charge in [-0.25, -0.2) is 9.37 Å². The Morgan fingerprint density at radius 1 is 1.32 bits per heavy atom. The molecule has 1 N–H and O–H groups in total. The largest absolute Gasteiger partial charge is 0.353 e. The maximum atomic E-state index is 13.6. The second-order valence-corrected chi connectivity index (χ2v) is 5.34. The van der Waals surface area contributed by atoms with Crippen molar-refractivity contribution in [1.82, 2.24) is 9.55 Å². The lowest BCUT2D eigenvalue weighted by Gasteiger charge is -2.11. The molecule has 0 bridgehead atoms. The second kappa shape index (κ2) is 4.68. The van der Waals surface area contributed by atoms with E-state index in [2.05, 4.69) is 14.9 Å². The molecule has 0 spiro atoms. The lowest BCUT2D eigenvalue weighted by atomic mass is 10.1. The molecule has 1 fully saturated rings. The molecular formula is C15H18FN3. The summed E-state index contributed by atoms with van der Waals surface area (Å²) in [6, 6.07) is 4.39. The number of aromatic nitrogens is 2. The third kappa shape index (κ3) is 2.62. The SMILES string of the molecule is Cc1cc(Cn2ccnc2NC2CC2)cc(C)c1F. The molecule has 1 aromatic carbocycles. The van der Waals surface area contributed by atoms with Crippen molar-refractivity contribution in [3.05, 3.63) is 47.0 Å². The Kier molecular flexibility index (Phi) is 3.01. The average molecular weight is 259 g/mol. The first-order valence-corrected chi connectivity index (χ1v) is 6.67. The van der Waals surface area contributed by atoms with Crippen LogP contribution in [0.3, 0.4) is 0 Å². The number of aryl methyl sites for hydroxylation is 2. The zero-order valence-electron chi connectivity index (χ0n) is 11.3. The van der Waals surface area contributed by atoms with E-state index in [4.69, 9.17) is 0 Å². The van der Waals surface area contributed by atoms with E-state index in [0.717, 1.165) is 18.1 Å². The van der Waals surface area contributed by atoms with Gasteiger partial charge in [-0.2, -0.15) is 0 Å². The minimum absolute atomic E-state index is 0.106. The Labute approximate surface area is 112 Å². The Hall–Kier alpha value is -1.84. The van der Waals surface area contributed by atoms with E-state index in [-0.39, 0.29) is 5.82 Å². The van der Waals surface area contributed by atoms with Gasteiger partial charge in [-0.1, -0.05) is 12.1 Å². The van der Waals surface area contributed by atoms with Crippen LogP contribution in [0, 0.1) is 19.7 Å². The van der Waals surface area contributed by atoms with Crippen molar-refractivity contribution in [2.45, 2.75) is 39.3 Å². The van der Waals surface area contributed by atoms with Crippen molar-refractivity contribution in [3.8, 4) is 0 Å². The number of rotatable bonds is 4. The van der Waals surface area contributed by atoms with Crippen molar-refractivity contribution in [3.63, 3.8) is 0 Å². The van der Waals surface area contributed by atoms with Gasteiger partial charge in [0.1, 0.15) is 5.82 Å². The minimum atomic E-state index is -0.106. The van der Waals surface area contributed by atoms with Gasteiger partial charge in [0.15, 0.2) is 0 Å². The molecule has 2 aromatic rings. The summed E-state index contributed by atoms with van der Waals surface area (Å²) in [5.41, 5.74) is 2.51. The van der Waals surface area contributed by atoms with Crippen molar-refractivity contribution in [2.75, 3.05) is 5.32 Å². The number of nitrogens with one attached hydrogen (secondary N) is 1. The summed E-state index contributed by atoms with van der Waals surface area (Å²) in [6.07, 6.45) is 6.20. The van der Waals surface area contributed by atoms with Crippen LogP contribution in [0.1, 0.15) is 29.5 Å². The Morgan fingerprint density at radius 3 is 2.63 bits per heavy atom. The summed E-state index contributed by atoms with van der Waals surface area (Å²) in [7, 11) is 0. The molecule has 1 saturated carbocycles. The molecule has 0 unspecified atom stereocenters. The predicted molar refractivity (Wildman–Crippen MR) is 73.8 cm³/mol. The lowest BCUT2D eigenvalue weighted by Crippen LogP contribution is -2.10. The smallest absolute Gasteiger partial charge is 0.203 e. The molecule has 4 heteroatoms. The monoisotopic (exact) mass is 259 g/mol. The zero-order valence-corrected chi connectivity index (χ0v) is 11.3. The molecule has 0 aliphatic heterocycles. The van der Waals surface area contributed by atoms with Crippen LogP contribution in [0.4, 0.5) is 10.3 Å². The number of anilines is 1. The van der Waals surface area contributed by atoms with Crippen molar-refractivity contribution >= 4 is 5.95 Å².